The Balaban J connectivity index is 0.000000225. The maximum Gasteiger partial charge on any atom is 0.130 e. The van der Waals surface area contributed by atoms with E-state index in [-0.39, 0.29) is 11.8 Å². The van der Waals surface area contributed by atoms with Crippen LogP contribution in [-0.4, -0.2) is 18.9 Å². The third-order valence-corrected chi connectivity index (χ3v) is 11.8. The molecule has 0 aliphatic carbocycles. The molecule has 7 aromatic carbocycles. The highest BCUT2D eigenvalue weighted by molar-refractivity contribution is 5.76. The maximum absolute atomic E-state index is 11.6. The number of aryl methyl sites for hydroxylation is 2. The van der Waals surface area contributed by atoms with Gasteiger partial charge in [0.05, 0.1) is 7.11 Å². The van der Waals surface area contributed by atoms with Crippen molar-refractivity contribution >= 4 is 11.5 Å². The van der Waals surface area contributed by atoms with E-state index in [2.05, 4.69) is 107 Å². The fourth-order valence-corrected chi connectivity index (χ4v) is 7.59. The number of hydrogen-bond acceptors (Lipinski definition) is 7. The molecule has 0 spiro atoms. The normalized spacial score (nSPS) is 11.1. The van der Waals surface area contributed by atoms with E-state index in [1.807, 2.05) is 91.0 Å². The number of Topliss-reactive ketones (excluding diaryl/α,β-unsaturated/α-hetero) is 1. The van der Waals surface area contributed by atoms with Gasteiger partial charge in [-0.2, -0.15) is 0 Å². The SMILES string of the molecule is CC(=O)CCc1cc(OCc2ccccc2)c(C)c(C)c1OCc1ccccc1.COc1ccc(NC(C)CCc2cc(OCc3ccccc3)c(C)c(C)c2OCc2ccccc2)cc1. The molecule has 0 saturated carbocycles. The van der Waals surface area contributed by atoms with Gasteiger partial charge in [-0.1, -0.05) is 121 Å². The number of ketones is 1. The Morgan fingerprint density at radius 3 is 1.26 bits per heavy atom. The van der Waals surface area contributed by atoms with E-state index in [1.165, 1.54) is 5.56 Å². The lowest BCUT2D eigenvalue weighted by molar-refractivity contribution is -0.116. The van der Waals surface area contributed by atoms with Crippen LogP contribution in [0.25, 0.3) is 0 Å². The van der Waals surface area contributed by atoms with E-state index in [4.69, 9.17) is 23.7 Å². The number of methoxy groups -OCH3 is 1. The standard InChI is InChI=1S/C33H37NO3.C26H28O3/c1-24(34-30-17-19-31(35-4)20-18-30)15-16-29-21-32(36-22-27-11-7-5-8-12-27)25(2)26(3)33(29)37-23-28-13-9-6-10-14-28;1-19(27)14-15-24-16-25(28-17-22-10-6-4-7-11-22)20(2)21(3)26(24)29-18-23-12-8-5-9-13-23/h5-14,17-21,24,34H,15-16,22-23H2,1-4H3;4-13,16H,14-15,17-18H2,1-3H3. The smallest absolute Gasteiger partial charge is 0.130 e. The largest absolute Gasteiger partial charge is 0.497 e. The van der Waals surface area contributed by atoms with Crippen molar-refractivity contribution in [1.82, 2.24) is 0 Å². The summed E-state index contributed by atoms with van der Waals surface area (Å²) in [6.07, 6.45) is 2.95. The number of carbonyl (C=O) groups excluding carboxylic acids is 1. The number of hydrogen-bond donors (Lipinski definition) is 1. The summed E-state index contributed by atoms with van der Waals surface area (Å²) < 4.78 is 30.4. The van der Waals surface area contributed by atoms with Crippen molar-refractivity contribution in [2.45, 2.75) is 99.7 Å². The zero-order valence-corrected chi connectivity index (χ0v) is 39.7. The van der Waals surface area contributed by atoms with Crippen molar-refractivity contribution in [1.29, 1.82) is 0 Å². The highest BCUT2D eigenvalue weighted by atomic mass is 16.5. The molecule has 1 atom stereocenters. The van der Waals surface area contributed by atoms with E-state index in [0.29, 0.717) is 39.3 Å². The van der Waals surface area contributed by atoms with Crippen LogP contribution in [0.3, 0.4) is 0 Å². The van der Waals surface area contributed by atoms with E-state index < -0.39 is 0 Å². The maximum atomic E-state index is 11.6. The summed E-state index contributed by atoms with van der Waals surface area (Å²) in [5.74, 6) is 4.61. The zero-order chi connectivity index (χ0) is 46.7. The molecule has 0 saturated heterocycles. The van der Waals surface area contributed by atoms with E-state index >= 15 is 0 Å². The molecule has 7 heteroatoms. The van der Waals surface area contributed by atoms with Crippen molar-refractivity contribution in [3.8, 4) is 28.7 Å². The molecule has 0 aromatic heterocycles. The van der Waals surface area contributed by atoms with Crippen LogP contribution in [0.2, 0.25) is 0 Å². The minimum absolute atomic E-state index is 0.170. The third-order valence-electron chi connectivity index (χ3n) is 11.8. The lowest BCUT2D eigenvalue weighted by Gasteiger charge is -2.21. The molecular weight excluding hydrogens is 819 g/mol. The topological polar surface area (TPSA) is 75.3 Å². The predicted octanol–water partition coefficient (Wildman–Crippen LogP) is 13.9. The molecule has 66 heavy (non-hydrogen) atoms. The van der Waals surface area contributed by atoms with Crippen LogP contribution < -0.4 is 29.0 Å². The summed E-state index contributed by atoms with van der Waals surface area (Å²) in [6, 6.07) is 53.4. The number of ether oxygens (including phenoxy) is 5. The summed E-state index contributed by atoms with van der Waals surface area (Å²) in [5.41, 5.74) is 12.2. The molecule has 7 rings (SSSR count). The van der Waals surface area contributed by atoms with Gasteiger partial charge in [0, 0.05) is 18.2 Å². The molecule has 1 N–H and O–H groups in total. The molecule has 0 fully saturated rings. The Labute approximate surface area is 392 Å². The summed E-state index contributed by atoms with van der Waals surface area (Å²) in [7, 11) is 1.68. The quantitative estimate of drug-likeness (QED) is 0.0770. The van der Waals surface area contributed by atoms with Gasteiger partial charge in [0.15, 0.2) is 0 Å². The Morgan fingerprint density at radius 2 is 0.879 bits per heavy atom. The van der Waals surface area contributed by atoms with Gasteiger partial charge in [-0.25, -0.2) is 0 Å². The highest BCUT2D eigenvalue weighted by Gasteiger charge is 2.18. The van der Waals surface area contributed by atoms with Crippen LogP contribution in [0.15, 0.2) is 158 Å². The van der Waals surface area contributed by atoms with E-state index in [9.17, 15) is 4.79 Å². The molecule has 0 aliphatic heterocycles. The fourth-order valence-electron chi connectivity index (χ4n) is 7.59. The lowest BCUT2D eigenvalue weighted by atomic mass is 9.98. The van der Waals surface area contributed by atoms with Crippen LogP contribution in [0.1, 0.15) is 82.3 Å². The Bertz CT molecular complexity index is 2560. The van der Waals surface area contributed by atoms with Crippen LogP contribution in [0, 0.1) is 27.7 Å². The average molecular weight is 884 g/mol. The van der Waals surface area contributed by atoms with Gasteiger partial charge < -0.3 is 33.8 Å². The first-order valence-electron chi connectivity index (χ1n) is 22.9. The summed E-state index contributed by atoms with van der Waals surface area (Å²) in [4.78, 5) is 11.6. The molecule has 0 amide bonds. The lowest BCUT2D eigenvalue weighted by Crippen LogP contribution is -2.16. The number of anilines is 1. The molecular formula is C59H65NO6. The second-order valence-corrected chi connectivity index (χ2v) is 16.8. The van der Waals surface area contributed by atoms with Gasteiger partial charge in [-0.15, -0.1) is 0 Å². The van der Waals surface area contributed by atoms with Crippen LogP contribution in [-0.2, 0) is 44.1 Å². The number of carbonyl (C=O) groups is 1. The van der Waals surface area contributed by atoms with Crippen LogP contribution in [0.4, 0.5) is 5.69 Å². The Kier molecular flexibility index (Phi) is 18.3. The van der Waals surface area contributed by atoms with Gasteiger partial charge >= 0.3 is 0 Å². The van der Waals surface area contributed by atoms with E-state index in [0.717, 1.165) is 97.3 Å². The third kappa shape index (κ3) is 14.5. The Morgan fingerprint density at radius 1 is 0.500 bits per heavy atom. The molecule has 342 valence electrons. The molecule has 0 radical (unpaired) electrons. The molecule has 7 nitrogen and oxygen atoms in total. The molecule has 1 unspecified atom stereocenters. The van der Waals surface area contributed by atoms with Crippen LogP contribution in [0.5, 0.6) is 28.7 Å². The summed E-state index contributed by atoms with van der Waals surface area (Å²) >= 11 is 0. The summed E-state index contributed by atoms with van der Waals surface area (Å²) in [6.45, 7) is 14.3. The number of benzene rings is 7. The monoisotopic (exact) mass is 883 g/mol. The second-order valence-electron chi connectivity index (χ2n) is 16.8. The molecule has 0 bridgehead atoms. The zero-order valence-electron chi connectivity index (χ0n) is 39.7. The van der Waals surface area contributed by atoms with Gasteiger partial charge in [0.25, 0.3) is 0 Å². The van der Waals surface area contributed by atoms with Crippen molar-refractivity contribution in [2.24, 2.45) is 0 Å². The average Bonchev–Trinajstić information content (AvgIpc) is 3.35. The minimum atomic E-state index is 0.170. The number of nitrogens with one attached hydrogen (secondary N) is 1. The first-order chi connectivity index (χ1) is 32.1. The first kappa shape index (κ1) is 48.5. The van der Waals surface area contributed by atoms with Crippen molar-refractivity contribution in [3.05, 3.63) is 213 Å². The Hall–Kier alpha value is -6.99. The predicted molar refractivity (Wildman–Crippen MR) is 268 cm³/mol. The van der Waals surface area contributed by atoms with Gasteiger partial charge in [-0.05, 0) is 153 Å². The van der Waals surface area contributed by atoms with Crippen molar-refractivity contribution in [2.75, 3.05) is 12.4 Å². The van der Waals surface area contributed by atoms with Crippen molar-refractivity contribution in [3.63, 3.8) is 0 Å². The molecule has 0 heterocycles. The first-order valence-corrected chi connectivity index (χ1v) is 22.9. The van der Waals surface area contributed by atoms with Gasteiger partial charge in [0.1, 0.15) is 61.0 Å². The second kappa shape index (κ2) is 24.9. The van der Waals surface area contributed by atoms with Crippen molar-refractivity contribution < 1.29 is 28.5 Å². The summed E-state index contributed by atoms with van der Waals surface area (Å²) in [5, 5.41) is 3.60. The molecule has 7 aromatic rings. The number of rotatable bonds is 21. The fraction of sp³-hybridized carbons (Fsp3) is 0.271. The minimum Gasteiger partial charge on any atom is -0.497 e. The van der Waals surface area contributed by atoms with E-state index in [1.54, 1.807) is 14.0 Å². The van der Waals surface area contributed by atoms with Crippen LogP contribution >= 0.6 is 0 Å². The highest BCUT2D eigenvalue weighted by Crippen LogP contribution is 2.37. The molecule has 0 aliphatic rings. The van der Waals surface area contributed by atoms with Gasteiger partial charge in [-0.3, -0.25) is 0 Å². The van der Waals surface area contributed by atoms with Gasteiger partial charge in [0.2, 0.25) is 0 Å².